The molecule has 0 saturated carbocycles. The predicted molar refractivity (Wildman–Crippen MR) is 106 cm³/mol. The Kier molecular flexibility index (Phi) is 5.52. The van der Waals surface area contributed by atoms with Crippen LogP contribution in [0.15, 0.2) is 60.9 Å². The van der Waals surface area contributed by atoms with E-state index >= 15 is 0 Å². The summed E-state index contributed by atoms with van der Waals surface area (Å²) in [5, 5.41) is 7.49. The van der Waals surface area contributed by atoms with Crippen LogP contribution in [-0.4, -0.2) is 15.7 Å². The van der Waals surface area contributed by atoms with Crippen molar-refractivity contribution in [3.63, 3.8) is 0 Å². The van der Waals surface area contributed by atoms with Crippen molar-refractivity contribution in [3.8, 4) is 5.69 Å². The molecule has 0 atom stereocenters. The van der Waals surface area contributed by atoms with Crippen LogP contribution in [-0.2, 0) is 11.2 Å². The lowest BCUT2D eigenvalue weighted by Gasteiger charge is -2.16. The van der Waals surface area contributed by atoms with E-state index in [4.69, 9.17) is 0 Å². The predicted octanol–water partition coefficient (Wildman–Crippen LogP) is 4.88. The molecule has 1 aromatic heterocycles. The fourth-order valence-electron chi connectivity index (χ4n) is 3.01. The third-order valence-corrected chi connectivity index (χ3v) is 4.49. The van der Waals surface area contributed by atoms with Gasteiger partial charge in [0, 0.05) is 18.3 Å². The maximum Gasteiger partial charge on any atom is 0.224 e. The SMILES string of the molecule is Cc1cccc(C(C)C)c1NC(=O)CCc1cnn(-c2ccccc2)c1. The molecular formula is C22H25N3O. The van der Waals surface area contributed by atoms with E-state index in [0.29, 0.717) is 18.8 Å². The molecule has 0 aliphatic rings. The van der Waals surface area contributed by atoms with Crippen LogP contribution in [0.3, 0.4) is 0 Å². The smallest absolute Gasteiger partial charge is 0.224 e. The molecule has 2 aromatic carbocycles. The van der Waals surface area contributed by atoms with Gasteiger partial charge in [-0.15, -0.1) is 0 Å². The van der Waals surface area contributed by atoms with Crippen molar-refractivity contribution in [2.24, 2.45) is 0 Å². The Hall–Kier alpha value is -2.88. The van der Waals surface area contributed by atoms with Crippen molar-refractivity contribution in [1.82, 2.24) is 9.78 Å². The van der Waals surface area contributed by atoms with E-state index in [1.165, 1.54) is 5.56 Å². The molecule has 4 nitrogen and oxygen atoms in total. The van der Waals surface area contributed by atoms with Gasteiger partial charge in [0.1, 0.15) is 0 Å². The molecule has 3 aromatic rings. The average Bonchev–Trinajstić information content (AvgIpc) is 3.11. The first-order chi connectivity index (χ1) is 12.5. The Morgan fingerprint density at radius 2 is 1.88 bits per heavy atom. The Morgan fingerprint density at radius 1 is 1.12 bits per heavy atom. The molecule has 0 fully saturated rings. The lowest BCUT2D eigenvalue weighted by Crippen LogP contribution is -2.15. The van der Waals surface area contributed by atoms with Gasteiger partial charge in [-0.3, -0.25) is 4.79 Å². The molecule has 134 valence electrons. The average molecular weight is 347 g/mol. The third kappa shape index (κ3) is 4.20. The van der Waals surface area contributed by atoms with E-state index in [9.17, 15) is 4.79 Å². The van der Waals surface area contributed by atoms with Gasteiger partial charge in [0.25, 0.3) is 0 Å². The summed E-state index contributed by atoms with van der Waals surface area (Å²) >= 11 is 0. The Bertz CT molecular complexity index is 881. The van der Waals surface area contributed by atoms with Gasteiger partial charge in [0.05, 0.1) is 11.9 Å². The Labute approximate surface area is 154 Å². The first-order valence-corrected chi connectivity index (χ1v) is 9.03. The number of rotatable bonds is 6. The van der Waals surface area contributed by atoms with Gasteiger partial charge < -0.3 is 5.32 Å². The number of carbonyl (C=O) groups excluding carboxylic acids is 1. The zero-order valence-corrected chi connectivity index (χ0v) is 15.6. The minimum absolute atomic E-state index is 0.0358. The number of carbonyl (C=O) groups is 1. The van der Waals surface area contributed by atoms with Crippen LogP contribution >= 0.6 is 0 Å². The van der Waals surface area contributed by atoms with Crippen molar-refractivity contribution >= 4 is 11.6 Å². The van der Waals surface area contributed by atoms with Crippen LogP contribution in [0.2, 0.25) is 0 Å². The maximum absolute atomic E-state index is 12.5. The van der Waals surface area contributed by atoms with Crippen molar-refractivity contribution < 1.29 is 4.79 Å². The number of hydrogen-bond acceptors (Lipinski definition) is 2. The summed E-state index contributed by atoms with van der Waals surface area (Å²) in [6.07, 6.45) is 4.91. The van der Waals surface area contributed by atoms with Crippen molar-refractivity contribution in [2.75, 3.05) is 5.32 Å². The minimum Gasteiger partial charge on any atom is -0.326 e. The molecule has 26 heavy (non-hydrogen) atoms. The van der Waals surface area contributed by atoms with Gasteiger partial charge in [-0.05, 0) is 48.1 Å². The lowest BCUT2D eigenvalue weighted by molar-refractivity contribution is -0.116. The van der Waals surface area contributed by atoms with Crippen molar-refractivity contribution in [1.29, 1.82) is 0 Å². The Morgan fingerprint density at radius 3 is 2.62 bits per heavy atom. The molecule has 0 saturated heterocycles. The highest BCUT2D eigenvalue weighted by Crippen LogP contribution is 2.27. The quantitative estimate of drug-likeness (QED) is 0.691. The van der Waals surface area contributed by atoms with E-state index in [0.717, 1.165) is 22.5 Å². The van der Waals surface area contributed by atoms with E-state index < -0.39 is 0 Å². The molecule has 0 unspecified atom stereocenters. The topological polar surface area (TPSA) is 46.9 Å². The number of anilines is 1. The molecule has 0 radical (unpaired) electrons. The van der Waals surface area contributed by atoms with Gasteiger partial charge in [-0.2, -0.15) is 5.10 Å². The van der Waals surface area contributed by atoms with Gasteiger partial charge in [0.2, 0.25) is 5.91 Å². The molecule has 0 aliphatic carbocycles. The van der Waals surface area contributed by atoms with Crippen molar-refractivity contribution in [2.45, 2.75) is 39.5 Å². The van der Waals surface area contributed by atoms with Gasteiger partial charge in [-0.1, -0.05) is 50.2 Å². The van der Waals surface area contributed by atoms with Crippen LogP contribution in [0.4, 0.5) is 5.69 Å². The molecule has 0 aliphatic heterocycles. The van der Waals surface area contributed by atoms with Gasteiger partial charge in [-0.25, -0.2) is 4.68 Å². The fourth-order valence-corrected chi connectivity index (χ4v) is 3.01. The minimum atomic E-state index is 0.0358. The second-order valence-corrected chi connectivity index (χ2v) is 6.87. The second kappa shape index (κ2) is 8.00. The van der Waals surface area contributed by atoms with Crippen LogP contribution in [0.1, 0.15) is 42.9 Å². The largest absolute Gasteiger partial charge is 0.326 e. The van der Waals surface area contributed by atoms with Crippen LogP contribution in [0.25, 0.3) is 5.69 Å². The van der Waals surface area contributed by atoms with E-state index in [2.05, 4.69) is 30.3 Å². The van der Waals surface area contributed by atoms with Crippen LogP contribution < -0.4 is 5.32 Å². The third-order valence-electron chi connectivity index (χ3n) is 4.49. The van der Waals surface area contributed by atoms with Crippen LogP contribution in [0, 0.1) is 6.92 Å². The first kappa shape index (κ1) is 17.9. The normalized spacial score (nSPS) is 10.9. The van der Waals surface area contributed by atoms with E-state index in [-0.39, 0.29) is 5.91 Å². The molecule has 3 rings (SSSR count). The maximum atomic E-state index is 12.5. The highest BCUT2D eigenvalue weighted by atomic mass is 16.1. The number of benzene rings is 2. The summed E-state index contributed by atoms with van der Waals surface area (Å²) < 4.78 is 1.84. The molecule has 1 N–H and O–H groups in total. The summed E-state index contributed by atoms with van der Waals surface area (Å²) in [6.45, 7) is 6.32. The van der Waals surface area contributed by atoms with E-state index in [1.54, 1.807) is 0 Å². The molecule has 4 heteroatoms. The summed E-state index contributed by atoms with van der Waals surface area (Å²) in [4.78, 5) is 12.5. The Balaban J connectivity index is 1.63. The summed E-state index contributed by atoms with van der Waals surface area (Å²) in [6, 6.07) is 16.1. The molecule has 0 bridgehead atoms. The lowest BCUT2D eigenvalue weighted by atomic mass is 9.98. The molecular weight excluding hydrogens is 322 g/mol. The highest BCUT2D eigenvalue weighted by Gasteiger charge is 2.12. The number of nitrogens with one attached hydrogen (secondary N) is 1. The molecule has 1 heterocycles. The monoisotopic (exact) mass is 347 g/mol. The fraction of sp³-hybridized carbons (Fsp3) is 0.273. The van der Waals surface area contributed by atoms with E-state index in [1.807, 2.05) is 66.5 Å². The highest BCUT2D eigenvalue weighted by molar-refractivity contribution is 5.92. The number of nitrogens with zero attached hydrogens (tertiary/aromatic N) is 2. The summed E-state index contributed by atoms with van der Waals surface area (Å²) in [5.74, 6) is 0.406. The second-order valence-electron chi connectivity index (χ2n) is 6.87. The van der Waals surface area contributed by atoms with Gasteiger partial charge >= 0.3 is 0 Å². The zero-order chi connectivity index (χ0) is 18.5. The number of para-hydroxylation sites is 2. The first-order valence-electron chi connectivity index (χ1n) is 9.03. The van der Waals surface area contributed by atoms with Crippen molar-refractivity contribution in [3.05, 3.63) is 77.6 Å². The number of aryl methyl sites for hydroxylation is 2. The summed E-state index contributed by atoms with van der Waals surface area (Å²) in [7, 11) is 0. The molecule has 0 spiro atoms. The standard InChI is InChI=1S/C22H25N3O/c1-16(2)20-11-7-8-17(3)22(20)24-21(26)13-12-18-14-23-25(15-18)19-9-5-4-6-10-19/h4-11,14-16H,12-13H2,1-3H3,(H,24,26). The molecule has 1 amide bonds. The number of hydrogen-bond donors (Lipinski definition) is 1. The zero-order valence-electron chi connectivity index (χ0n) is 15.6. The summed E-state index contributed by atoms with van der Waals surface area (Å²) in [5.41, 5.74) is 5.30. The van der Waals surface area contributed by atoms with Gasteiger partial charge in [0.15, 0.2) is 0 Å². The number of aromatic nitrogens is 2. The number of amides is 1. The van der Waals surface area contributed by atoms with Crippen LogP contribution in [0.5, 0.6) is 0 Å².